The summed E-state index contributed by atoms with van der Waals surface area (Å²) in [6, 6.07) is 8.73. The second kappa shape index (κ2) is 27.1. The van der Waals surface area contributed by atoms with Gasteiger partial charge >= 0.3 is 12.1 Å². The van der Waals surface area contributed by atoms with E-state index in [1.54, 1.807) is 62.4 Å². The van der Waals surface area contributed by atoms with Gasteiger partial charge in [-0.25, -0.2) is 14.6 Å². The van der Waals surface area contributed by atoms with Crippen molar-refractivity contribution < 1.29 is 52.6 Å². The highest BCUT2D eigenvalue weighted by atomic mass is 16.6. The lowest BCUT2D eigenvalue weighted by Gasteiger charge is -2.28. The second-order valence-electron chi connectivity index (χ2n) is 18.8. The number of imide groups is 1. The van der Waals surface area contributed by atoms with Crippen molar-refractivity contribution >= 4 is 82.4 Å². The molecule has 10 N–H and O–H groups in total. The number of carbonyl (C=O) groups excluding carboxylic acids is 9. The molecule has 3 aliphatic rings. The van der Waals surface area contributed by atoms with Crippen molar-refractivity contribution in [2.45, 2.75) is 104 Å². The number of primary amides is 1. The minimum atomic E-state index is -1.07. The Morgan fingerprint density at radius 3 is 2.29 bits per heavy atom. The molecule has 2 aromatic carbocycles. The summed E-state index contributed by atoms with van der Waals surface area (Å²) in [5.41, 5.74) is 15.8. The van der Waals surface area contributed by atoms with Crippen molar-refractivity contribution in [1.29, 1.82) is 0 Å². The predicted octanol–water partition coefficient (Wildman–Crippen LogP) is 3.84. The Kier molecular flexibility index (Phi) is 20.2. The summed E-state index contributed by atoms with van der Waals surface area (Å²) in [6.45, 7) is 6.80. The fraction of sp³-hybridized carbons (Fsp3) is 0.415. The third-order valence-corrected chi connectivity index (χ3v) is 12.6. The van der Waals surface area contributed by atoms with Gasteiger partial charge < -0.3 is 57.7 Å². The summed E-state index contributed by atoms with van der Waals surface area (Å²) < 4.78 is 11.3. The summed E-state index contributed by atoms with van der Waals surface area (Å²) >= 11 is 0. The summed E-state index contributed by atoms with van der Waals surface area (Å²) in [6.07, 6.45) is 8.51. The number of nitrogens with two attached hydrogens (primary N) is 2. The predicted molar refractivity (Wildman–Crippen MR) is 282 cm³/mol. The van der Waals surface area contributed by atoms with Crippen LogP contribution in [-0.2, 0) is 53.1 Å². The Bertz CT molecular complexity index is 2770. The largest absolute Gasteiger partial charge is 0.496 e. The van der Waals surface area contributed by atoms with Gasteiger partial charge in [0.1, 0.15) is 30.3 Å². The fourth-order valence-electron chi connectivity index (χ4n) is 8.48. The molecule has 76 heavy (non-hydrogen) atoms. The van der Waals surface area contributed by atoms with Crippen LogP contribution in [0.25, 0.3) is 6.08 Å². The zero-order valence-electron chi connectivity index (χ0n) is 43.1. The highest BCUT2D eigenvalue weighted by Crippen LogP contribution is 2.34. The highest BCUT2D eigenvalue weighted by molar-refractivity contribution is 6.13. The number of nitrogens with one attached hydrogen (secondary N) is 6. The lowest BCUT2D eigenvalue weighted by atomic mass is 10.0. The van der Waals surface area contributed by atoms with Gasteiger partial charge in [0.05, 0.1) is 36.8 Å². The number of fused-ring (bicyclic) bond motifs is 2. The molecule has 10 amide bonds. The van der Waals surface area contributed by atoms with Gasteiger partial charge in [0, 0.05) is 80.1 Å². The van der Waals surface area contributed by atoms with Gasteiger partial charge in [-0.1, -0.05) is 39.3 Å². The molecule has 0 saturated carbocycles. The number of amides is 10. The Morgan fingerprint density at radius 1 is 0.842 bits per heavy atom. The third kappa shape index (κ3) is 15.9. The summed E-state index contributed by atoms with van der Waals surface area (Å²) in [7, 11) is 1.43. The van der Waals surface area contributed by atoms with Crippen LogP contribution in [-0.4, -0.2) is 119 Å². The SMILES string of the molecule is CCCNC(=O)C1=Cc2cc(OC)c(C(=O)Nc3cnc4c(c3)CN(C(=O)OCc3ccc(NC(=O)C(CCCNC(N)=O)NC(=O)C(NC(=O)CCCCCN5C(=O)C=CC5=O)C(C)C)cc3)CC4)cc2N=C(N)C1. The molecule has 2 unspecified atom stereocenters. The van der Waals surface area contributed by atoms with Crippen molar-refractivity contribution in [2.24, 2.45) is 22.4 Å². The van der Waals surface area contributed by atoms with Crippen LogP contribution in [0.2, 0.25) is 0 Å². The van der Waals surface area contributed by atoms with Gasteiger partial charge in [-0.05, 0) is 85.6 Å². The second-order valence-corrected chi connectivity index (χ2v) is 18.8. The van der Waals surface area contributed by atoms with Crippen molar-refractivity contribution in [2.75, 3.05) is 43.9 Å². The molecule has 0 bridgehead atoms. The Hall–Kier alpha value is -8.63. The first-order valence-electron chi connectivity index (χ1n) is 25.2. The van der Waals surface area contributed by atoms with Crippen molar-refractivity contribution in [3.63, 3.8) is 0 Å². The maximum atomic E-state index is 13.7. The lowest BCUT2D eigenvalue weighted by molar-refractivity contribution is -0.137. The van der Waals surface area contributed by atoms with E-state index in [1.165, 1.54) is 30.4 Å². The van der Waals surface area contributed by atoms with E-state index in [-0.39, 0.29) is 98.6 Å². The first-order chi connectivity index (χ1) is 36.4. The van der Waals surface area contributed by atoms with E-state index in [9.17, 15) is 43.2 Å². The molecule has 6 rings (SSSR count). The molecule has 23 heteroatoms. The number of hydrogen-bond acceptors (Lipinski definition) is 14. The molecule has 2 atom stereocenters. The molecule has 0 radical (unpaired) electrons. The maximum absolute atomic E-state index is 13.7. The van der Waals surface area contributed by atoms with E-state index >= 15 is 0 Å². The number of carbonyl (C=O) groups is 9. The molecule has 0 saturated heterocycles. The maximum Gasteiger partial charge on any atom is 0.410 e. The van der Waals surface area contributed by atoms with Crippen LogP contribution in [0, 0.1) is 5.92 Å². The minimum Gasteiger partial charge on any atom is -0.496 e. The number of anilines is 2. The number of benzene rings is 2. The number of pyridine rings is 1. The molecule has 404 valence electrons. The molecule has 0 spiro atoms. The molecule has 3 aromatic rings. The summed E-state index contributed by atoms with van der Waals surface area (Å²) in [5.74, 6) is -2.86. The van der Waals surface area contributed by atoms with Gasteiger partial charge in [-0.2, -0.15) is 0 Å². The molecule has 0 aliphatic carbocycles. The summed E-state index contributed by atoms with van der Waals surface area (Å²) in [5, 5.41) is 16.5. The number of amidine groups is 1. The van der Waals surface area contributed by atoms with Crippen LogP contribution >= 0.6 is 0 Å². The molecule has 3 aliphatic heterocycles. The topological polar surface area (TPSA) is 328 Å². The van der Waals surface area contributed by atoms with Gasteiger partial charge in [0.15, 0.2) is 0 Å². The van der Waals surface area contributed by atoms with Crippen LogP contribution in [0.1, 0.15) is 105 Å². The zero-order chi connectivity index (χ0) is 54.9. The smallest absolute Gasteiger partial charge is 0.410 e. The quantitative estimate of drug-likeness (QED) is 0.0468. The molecule has 1 aromatic heterocycles. The van der Waals surface area contributed by atoms with Crippen molar-refractivity contribution in [3.8, 4) is 5.75 Å². The van der Waals surface area contributed by atoms with E-state index in [0.717, 1.165) is 17.0 Å². The van der Waals surface area contributed by atoms with Gasteiger partial charge in [0.2, 0.25) is 23.6 Å². The number of unbranched alkanes of at least 4 members (excludes halogenated alkanes) is 2. The van der Waals surface area contributed by atoms with Crippen LogP contribution in [0.3, 0.4) is 0 Å². The van der Waals surface area contributed by atoms with Gasteiger partial charge in [0.25, 0.3) is 17.7 Å². The molecule has 0 fully saturated rings. The van der Waals surface area contributed by atoms with E-state index in [2.05, 4.69) is 41.9 Å². The number of nitrogens with zero attached hydrogens (tertiary/aromatic N) is 4. The number of aromatic nitrogens is 1. The average Bonchev–Trinajstić information content (AvgIpc) is 3.61. The fourth-order valence-corrected chi connectivity index (χ4v) is 8.48. The van der Waals surface area contributed by atoms with E-state index in [0.29, 0.717) is 78.1 Å². The van der Waals surface area contributed by atoms with Crippen LogP contribution in [0.4, 0.5) is 26.7 Å². The summed E-state index contributed by atoms with van der Waals surface area (Å²) in [4.78, 5) is 127. The number of hydrogen-bond donors (Lipinski definition) is 8. The van der Waals surface area contributed by atoms with Crippen molar-refractivity contribution in [3.05, 3.63) is 94.3 Å². The number of urea groups is 1. The minimum absolute atomic E-state index is 0.0849. The average molecular weight is 1050 g/mol. The standard InChI is InChI=1S/C53H66N12O11/c1-5-19-56-48(69)34-23-33-25-42(75-4)38(27-41(33)61-43(54)26-34)49(70)60-37-24-35-29-64(22-18-39(35)58-28-37)53(74)76-30-32-12-14-36(15-13-32)59-50(71)40(10-9-20-57-52(55)73)62-51(72)47(31(2)3)63-44(66)11-7-6-8-21-65-45(67)16-17-46(65)68/h12-17,23-25,27-28,31,40,47H,5-11,18-22,26,29-30H2,1-4H3,(H2,54,61)(H,56,69)(H,59,71)(H,60,70)(H,62,72)(H,63,66)(H3,55,57,73). The van der Waals surface area contributed by atoms with Gasteiger partial charge in [-0.15, -0.1) is 0 Å². The van der Waals surface area contributed by atoms with Crippen LogP contribution in [0.15, 0.2) is 71.4 Å². The monoisotopic (exact) mass is 1050 g/mol. The van der Waals surface area contributed by atoms with Crippen molar-refractivity contribution in [1.82, 2.24) is 36.1 Å². The Balaban J connectivity index is 1.00. The highest BCUT2D eigenvalue weighted by Gasteiger charge is 2.30. The zero-order valence-corrected chi connectivity index (χ0v) is 43.1. The number of methoxy groups -OCH3 is 1. The molecule has 23 nitrogen and oxygen atoms in total. The molecular formula is C53H66N12O11. The Labute approximate surface area is 440 Å². The van der Waals surface area contributed by atoms with E-state index in [1.807, 2.05) is 6.92 Å². The number of ether oxygens (including phenoxy) is 2. The van der Waals surface area contributed by atoms with Crippen LogP contribution in [0.5, 0.6) is 5.75 Å². The molecule has 4 heterocycles. The Morgan fingerprint density at radius 2 is 1.59 bits per heavy atom. The molecular weight excluding hydrogens is 981 g/mol. The normalized spacial score (nSPS) is 14.5. The van der Waals surface area contributed by atoms with Crippen LogP contribution < -0.4 is 48.1 Å². The third-order valence-electron chi connectivity index (χ3n) is 12.6. The first kappa shape index (κ1) is 56.7. The van der Waals surface area contributed by atoms with E-state index in [4.69, 9.17) is 20.9 Å². The first-order valence-corrected chi connectivity index (χ1v) is 25.2. The van der Waals surface area contributed by atoms with Gasteiger partial charge in [-0.3, -0.25) is 43.4 Å². The number of rotatable bonds is 24. The lowest BCUT2D eigenvalue weighted by Crippen LogP contribution is -2.54. The van der Waals surface area contributed by atoms with E-state index < -0.39 is 41.9 Å². The number of aliphatic imine (C=N–C) groups is 1.